The van der Waals surface area contributed by atoms with Gasteiger partial charge in [0.15, 0.2) is 11.5 Å². The molecule has 1 fully saturated rings. The molecule has 0 spiro atoms. The maximum atomic E-state index is 12.1. The molecule has 1 aliphatic rings. The van der Waals surface area contributed by atoms with Crippen LogP contribution in [-0.2, 0) is 11.3 Å². The molecule has 7 nitrogen and oxygen atoms in total. The second-order valence-corrected chi connectivity index (χ2v) is 5.34. The Hall–Kier alpha value is -1.99. The van der Waals surface area contributed by atoms with Crippen LogP contribution in [0, 0.1) is 0 Å². The number of nitrogens with zero attached hydrogens (tertiary/aromatic N) is 1. The van der Waals surface area contributed by atoms with Crippen LogP contribution in [0.4, 0.5) is 0 Å². The zero-order chi connectivity index (χ0) is 16.7. The van der Waals surface area contributed by atoms with E-state index in [0.29, 0.717) is 30.3 Å². The van der Waals surface area contributed by atoms with Gasteiger partial charge in [0.25, 0.3) is 0 Å². The Morgan fingerprint density at radius 1 is 1.13 bits per heavy atom. The van der Waals surface area contributed by atoms with Gasteiger partial charge in [-0.25, -0.2) is 0 Å². The average Bonchev–Trinajstić information content (AvgIpc) is 2.59. The first kappa shape index (κ1) is 17.4. The molecule has 2 rings (SSSR count). The molecule has 0 atom stereocenters. The predicted molar refractivity (Wildman–Crippen MR) is 87.3 cm³/mol. The maximum Gasteiger partial charge on any atom is 0.234 e. The second kappa shape index (κ2) is 8.59. The molecule has 1 saturated heterocycles. The number of carbonyl (C=O) groups excluding carboxylic acids is 1. The predicted octanol–water partition coefficient (Wildman–Crippen LogP) is 0.234. The van der Waals surface area contributed by atoms with Crippen molar-refractivity contribution in [2.24, 2.45) is 0 Å². The van der Waals surface area contributed by atoms with Gasteiger partial charge in [-0.15, -0.1) is 0 Å². The van der Waals surface area contributed by atoms with Crippen molar-refractivity contribution in [2.45, 2.75) is 6.54 Å². The summed E-state index contributed by atoms with van der Waals surface area (Å²) in [7, 11) is 4.71. The van der Waals surface area contributed by atoms with Gasteiger partial charge in [-0.2, -0.15) is 0 Å². The van der Waals surface area contributed by atoms with Gasteiger partial charge in [0, 0.05) is 32.7 Å². The van der Waals surface area contributed by atoms with Gasteiger partial charge in [0.1, 0.15) is 0 Å². The molecule has 1 aromatic carbocycles. The van der Waals surface area contributed by atoms with E-state index in [2.05, 4.69) is 15.5 Å². The van der Waals surface area contributed by atoms with Crippen LogP contribution in [0.25, 0.3) is 0 Å². The highest BCUT2D eigenvalue weighted by molar-refractivity contribution is 5.78. The first-order chi connectivity index (χ1) is 11.2. The molecule has 2 N–H and O–H groups in total. The molecule has 23 heavy (non-hydrogen) atoms. The Balaban J connectivity index is 1.95. The number of ether oxygens (including phenoxy) is 3. The largest absolute Gasteiger partial charge is 0.493 e. The van der Waals surface area contributed by atoms with E-state index in [1.165, 1.54) is 0 Å². The highest BCUT2D eigenvalue weighted by Crippen LogP contribution is 2.38. The first-order valence-corrected chi connectivity index (χ1v) is 7.66. The zero-order valence-electron chi connectivity index (χ0n) is 14.0. The fraction of sp³-hybridized carbons (Fsp3) is 0.562. The summed E-state index contributed by atoms with van der Waals surface area (Å²) in [5, 5.41) is 6.20. The third-order valence-electron chi connectivity index (χ3n) is 3.79. The number of nitrogens with one attached hydrogen (secondary N) is 2. The van der Waals surface area contributed by atoms with Crippen LogP contribution in [0.1, 0.15) is 5.56 Å². The molecule has 128 valence electrons. The highest BCUT2D eigenvalue weighted by atomic mass is 16.5. The number of amides is 1. The molecule has 1 aromatic rings. The second-order valence-electron chi connectivity index (χ2n) is 5.34. The fourth-order valence-corrected chi connectivity index (χ4v) is 2.57. The highest BCUT2D eigenvalue weighted by Gasteiger charge is 2.15. The lowest BCUT2D eigenvalue weighted by atomic mass is 10.1. The van der Waals surface area contributed by atoms with Crippen molar-refractivity contribution in [1.82, 2.24) is 15.5 Å². The molecule has 0 aromatic heterocycles. The van der Waals surface area contributed by atoms with Crippen molar-refractivity contribution >= 4 is 5.91 Å². The Kier molecular flexibility index (Phi) is 6.49. The Morgan fingerprint density at radius 2 is 1.74 bits per heavy atom. The van der Waals surface area contributed by atoms with Crippen LogP contribution >= 0.6 is 0 Å². The van der Waals surface area contributed by atoms with Crippen molar-refractivity contribution in [3.8, 4) is 17.2 Å². The summed E-state index contributed by atoms with van der Waals surface area (Å²) in [4.78, 5) is 14.2. The first-order valence-electron chi connectivity index (χ1n) is 7.66. The monoisotopic (exact) mass is 323 g/mol. The van der Waals surface area contributed by atoms with Crippen LogP contribution in [-0.4, -0.2) is 64.9 Å². The van der Waals surface area contributed by atoms with Crippen LogP contribution in [0.2, 0.25) is 0 Å². The van der Waals surface area contributed by atoms with E-state index in [9.17, 15) is 4.79 Å². The van der Waals surface area contributed by atoms with Gasteiger partial charge < -0.3 is 24.8 Å². The maximum absolute atomic E-state index is 12.1. The third-order valence-corrected chi connectivity index (χ3v) is 3.79. The summed E-state index contributed by atoms with van der Waals surface area (Å²) in [5.74, 6) is 1.72. The van der Waals surface area contributed by atoms with Gasteiger partial charge in [-0.3, -0.25) is 9.69 Å². The lowest BCUT2D eigenvalue weighted by Crippen LogP contribution is -2.47. The van der Waals surface area contributed by atoms with Crippen molar-refractivity contribution in [1.29, 1.82) is 0 Å². The minimum Gasteiger partial charge on any atom is -0.493 e. The SMILES string of the molecule is COc1cc(CNC(=O)CN2CCNCC2)cc(OC)c1OC. The lowest BCUT2D eigenvalue weighted by molar-refractivity contribution is -0.122. The van der Waals surface area contributed by atoms with Crippen LogP contribution in [0.5, 0.6) is 17.2 Å². The molecule has 0 radical (unpaired) electrons. The number of hydrogen-bond donors (Lipinski definition) is 2. The quantitative estimate of drug-likeness (QED) is 0.749. The van der Waals surface area contributed by atoms with Gasteiger partial charge in [-0.1, -0.05) is 0 Å². The number of methoxy groups -OCH3 is 3. The third kappa shape index (κ3) is 4.74. The summed E-state index contributed by atoms with van der Waals surface area (Å²) < 4.78 is 15.9. The van der Waals surface area contributed by atoms with Crippen LogP contribution in [0.3, 0.4) is 0 Å². The average molecular weight is 323 g/mol. The van der Waals surface area contributed by atoms with E-state index in [-0.39, 0.29) is 5.91 Å². The molecule has 0 aliphatic carbocycles. The summed E-state index contributed by atoms with van der Waals surface area (Å²) in [6.45, 7) is 4.50. The van der Waals surface area contributed by atoms with Gasteiger partial charge in [0.05, 0.1) is 27.9 Å². The molecular weight excluding hydrogens is 298 g/mol. The van der Waals surface area contributed by atoms with E-state index in [0.717, 1.165) is 31.7 Å². The van der Waals surface area contributed by atoms with E-state index in [4.69, 9.17) is 14.2 Å². The fourth-order valence-electron chi connectivity index (χ4n) is 2.57. The minimum atomic E-state index is 0.0145. The minimum absolute atomic E-state index is 0.0145. The number of piperazine rings is 1. The molecule has 7 heteroatoms. The molecule has 0 saturated carbocycles. The number of carbonyl (C=O) groups is 1. The standard InChI is InChI=1S/C16H25N3O4/c1-21-13-8-12(9-14(22-2)16(13)23-3)10-18-15(20)11-19-6-4-17-5-7-19/h8-9,17H,4-7,10-11H2,1-3H3,(H,18,20). The summed E-state index contributed by atoms with van der Waals surface area (Å²) in [5.41, 5.74) is 0.896. The number of benzene rings is 1. The van der Waals surface area contributed by atoms with Crippen LogP contribution in [0.15, 0.2) is 12.1 Å². The van der Waals surface area contributed by atoms with E-state index in [1.807, 2.05) is 12.1 Å². The van der Waals surface area contributed by atoms with Gasteiger partial charge >= 0.3 is 0 Å². The lowest BCUT2D eigenvalue weighted by Gasteiger charge is -2.26. The Morgan fingerprint density at radius 3 is 2.26 bits per heavy atom. The molecule has 1 aliphatic heterocycles. The molecule has 1 heterocycles. The Labute approximate surface area is 136 Å². The molecular formula is C16H25N3O4. The zero-order valence-corrected chi connectivity index (χ0v) is 14.0. The Bertz CT molecular complexity index is 505. The summed E-state index contributed by atoms with van der Waals surface area (Å²) in [6, 6.07) is 3.68. The van der Waals surface area contributed by atoms with E-state index < -0.39 is 0 Å². The summed E-state index contributed by atoms with van der Waals surface area (Å²) >= 11 is 0. The normalized spacial score (nSPS) is 15.1. The number of rotatable bonds is 7. The van der Waals surface area contributed by atoms with Gasteiger partial charge in [-0.05, 0) is 17.7 Å². The number of hydrogen-bond acceptors (Lipinski definition) is 6. The van der Waals surface area contributed by atoms with Gasteiger partial charge in [0.2, 0.25) is 11.7 Å². The smallest absolute Gasteiger partial charge is 0.234 e. The van der Waals surface area contributed by atoms with Crippen molar-refractivity contribution < 1.29 is 19.0 Å². The summed E-state index contributed by atoms with van der Waals surface area (Å²) in [6.07, 6.45) is 0. The molecule has 0 unspecified atom stereocenters. The van der Waals surface area contributed by atoms with Crippen molar-refractivity contribution in [2.75, 3.05) is 54.1 Å². The molecule has 1 amide bonds. The topological polar surface area (TPSA) is 72.1 Å². The van der Waals surface area contributed by atoms with Crippen molar-refractivity contribution in [3.05, 3.63) is 17.7 Å². The van der Waals surface area contributed by atoms with Crippen LogP contribution < -0.4 is 24.8 Å². The molecule has 0 bridgehead atoms. The van der Waals surface area contributed by atoms with E-state index in [1.54, 1.807) is 21.3 Å². The van der Waals surface area contributed by atoms with E-state index >= 15 is 0 Å². The van der Waals surface area contributed by atoms with Crippen molar-refractivity contribution in [3.63, 3.8) is 0 Å².